The summed E-state index contributed by atoms with van der Waals surface area (Å²) in [6.07, 6.45) is 6.33. The van der Waals surface area contributed by atoms with Crippen molar-refractivity contribution in [3.8, 4) is 0 Å². The molecular formula is C22H28N4O3S. The van der Waals surface area contributed by atoms with Gasteiger partial charge in [-0.25, -0.2) is 0 Å². The van der Waals surface area contributed by atoms with Crippen molar-refractivity contribution >= 4 is 41.7 Å². The Bertz CT molecular complexity index is 875. The second kappa shape index (κ2) is 10.0. The highest BCUT2D eigenvalue weighted by Crippen LogP contribution is 2.28. The van der Waals surface area contributed by atoms with Crippen molar-refractivity contribution in [3.05, 3.63) is 35.9 Å². The zero-order chi connectivity index (χ0) is 21.7. The fraction of sp³-hybridized carbons (Fsp3) is 0.455. The number of carbonyl (C=O) groups excluding carboxylic acids is 2. The van der Waals surface area contributed by atoms with Crippen LogP contribution in [0.25, 0.3) is 0 Å². The van der Waals surface area contributed by atoms with Crippen LogP contribution < -0.4 is 5.32 Å². The predicted octanol–water partition coefficient (Wildman–Crippen LogP) is 2.36. The number of nitrogens with one attached hydrogen (secondary N) is 1. The average Bonchev–Trinajstić information content (AvgIpc) is 2.77. The molecule has 0 aromatic heterocycles. The number of likely N-dealkylation sites (tertiary alicyclic amines) is 1. The minimum Gasteiger partial charge on any atom is -0.393 e. The zero-order valence-corrected chi connectivity index (χ0v) is 18.2. The van der Waals surface area contributed by atoms with Crippen molar-refractivity contribution in [2.24, 2.45) is 15.9 Å². The molecule has 0 spiro atoms. The first-order valence-corrected chi connectivity index (χ1v) is 11.3. The number of aliphatic hydroxyl groups excluding tert-OH is 1. The lowest BCUT2D eigenvalue weighted by Gasteiger charge is -2.30. The molecule has 3 rings (SSSR count). The number of thioether (sulfide) groups is 1. The lowest BCUT2D eigenvalue weighted by Crippen LogP contribution is -2.45. The van der Waals surface area contributed by atoms with Crippen molar-refractivity contribution in [2.75, 3.05) is 19.3 Å². The van der Waals surface area contributed by atoms with Gasteiger partial charge in [0.1, 0.15) is 11.8 Å². The van der Waals surface area contributed by atoms with E-state index in [9.17, 15) is 14.7 Å². The maximum absolute atomic E-state index is 12.8. The van der Waals surface area contributed by atoms with Gasteiger partial charge in [-0.15, -0.1) is 11.8 Å². The maximum atomic E-state index is 12.8. The van der Waals surface area contributed by atoms with Gasteiger partial charge in [-0.1, -0.05) is 19.1 Å². The smallest absolute Gasteiger partial charge is 0.272 e. The second-order valence-electron chi connectivity index (χ2n) is 7.58. The van der Waals surface area contributed by atoms with Gasteiger partial charge in [-0.3, -0.25) is 19.6 Å². The monoisotopic (exact) mass is 428 g/mol. The normalized spacial score (nSPS) is 21.8. The lowest BCUT2D eigenvalue weighted by molar-refractivity contribution is -0.125. The Labute approximate surface area is 181 Å². The number of amides is 2. The molecule has 2 unspecified atom stereocenters. The van der Waals surface area contributed by atoms with E-state index in [1.165, 1.54) is 0 Å². The van der Waals surface area contributed by atoms with Gasteiger partial charge in [0.25, 0.3) is 5.91 Å². The van der Waals surface area contributed by atoms with Crippen LogP contribution in [0.3, 0.4) is 0 Å². The van der Waals surface area contributed by atoms with Crippen molar-refractivity contribution in [2.45, 2.75) is 43.4 Å². The molecule has 30 heavy (non-hydrogen) atoms. The van der Waals surface area contributed by atoms with E-state index in [0.717, 1.165) is 16.1 Å². The first-order valence-electron chi connectivity index (χ1n) is 10.1. The summed E-state index contributed by atoms with van der Waals surface area (Å²) in [5.74, 6) is -0.485. The van der Waals surface area contributed by atoms with E-state index in [4.69, 9.17) is 0 Å². The molecule has 1 aromatic rings. The van der Waals surface area contributed by atoms with Crippen LogP contribution in [0.2, 0.25) is 0 Å². The Morgan fingerprint density at radius 2 is 2.10 bits per heavy atom. The molecular weight excluding hydrogens is 400 g/mol. The van der Waals surface area contributed by atoms with Gasteiger partial charge in [-0.2, -0.15) is 0 Å². The number of aliphatic imine (C=N–C) groups is 2. The third-order valence-electron chi connectivity index (χ3n) is 5.45. The van der Waals surface area contributed by atoms with Gasteiger partial charge >= 0.3 is 0 Å². The molecule has 0 aliphatic carbocycles. The fourth-order valence-corrected chi connectivity index (χ4v) is 4.18. The Hall–Kier alpha value is -2.45. The van der Waals surface area contributed by atoms with Crippen LogP contribution >= 0.6 is 11.8 Å². The summed E-state index contributed by atoms with van der Waals surface area (Å²) in [6.45, 7) is 6.88. The molecule has 0 saturated carbocycles. The van der Waals surface area contributed by atoms with Crippen LogP contribution in [0.4, 0.5) is 5.69 Å². The summed E-state index contributed by atoms with van der Waals surface area (Å²) in [7, 11) is 0. The molecule has 0 bridgehead atoms. The highest BCUT2D eigenvalue weighted by molar-refractivity contribution is 7.98. The summed E-state index contributed by atoms with van der Waals surface area (Å²) in [6, 6.07) is 5.15. The molecule has 2 N–H and O–H groups in total. The Kier molecular flexibility index (Phi) is 7.44. The van der Waals surface area contributed by atoms with Crippen LogP contribution in [-0.2, 0) is 16.1 Å². The highest BCUT2D eigenvalue weighted by Gasteiger charge is 2.30. The van der Waals surface area contributed by atoms with E-state index in [-0.39, 0.29) is 23.8 Å². The molecule has 2 aliphatic heterocycles. The van der Waals surface area contributed by atoms with Crippen molar-refractivity contribution < 1.29 is 14.7 Å². The van der Waals surface area contributed by atoms with Gasteiger partial charge in [-0.05, 0) is 49.6 Å². The molecule has 7 nitrogen and oxygen atoms in total. The van der Waals surface area contributed by atoms with Crippen molar-refractivity contribution in [1.29, 1.82) is 0 Å². The molecule has 160 valence electrons. The molecule has 2 atom stereocenters. The molecule has 2 amide bonds. The van der Waals surface area contributed by atoms with Crippen LogP contribution in [0, 0.1) is 5.92 Å². The van der Waals surface area contributed by atoms with E-state index in [1.54, 1.807) is 22.7 Å². The third kappa shape index (κ3) is 5.17. The third-order valence-corrected chi connectivity index (χ3v) is 6.22. The first-order chi connectivity index (χ1) is 14.4. The number of aliphatic hydroxyl groups is 1. The van der Waals surface area contributed by atoms with E-state index in [1.807, 2.05) is 37.5 Å². The fourth-order valence-electron chi connectivity index (χ4n) is 3.57. The number of piperidine rings is 1. The van der Waals surface area contributed by atoms with E-state index in [0.29, 0.717) is 38.2 Å². The van der Waals surface area contributed by atoms with E-state index in [2.05, 4.69) is 22.0 Å². The second-order valence-corrected chi connectivity index (χ2v) is 8.43. The molecule has 1 fully saturated rings. The predicted molar refractivity (Wildman–Crippen MR) is 121 cm³/mol. The van der Waals surface area contributed by atoms with Crippen LogP contribution in [0.15, 0.2) is 45.2 Å². The first kappa shape index (κ1) is 22.2. The van der Waals surface area contributed by atoms with Gasteiger partial charge in [0.05, 0.1) is 11.8 Å². The molecule has 1 aromatic carbocycles. The van der Waals surface area contributed by atoms with E-state index < -0.39 is 6.04 Å². The summed E-state index contributed by atoms with van der Waals surface area (Å²) in [4.78, 5) is 36.7. The van der Waals surface area contributed by atoms with Crippen LogP contribution in [-0.4, -0.2) is 65.7 Å². The SMILES string of the molecule is C=Nc1ccc(CNC(=O)C2N=C(C(=O)N3CCC(O)CC3)C=CC2C)cc1SC. The van der Waals surface area contributed by atoms with Gasteiger partial charge in [0.2, 0.25) is 5.91 Å². The quantitative estimate of drug-likeness (QED) is 0.537. The minimum atomic E-state index is -0.640. The number of hydrogen-bond acceptors (Lipinski definition) is 6. The Balaban J connectivity index is 1.65. The standard InChI is InChI=1S/C22H28N4O3S/c1-14-4-6-18(22(29)26-10-8-16(27)9-11-26)25-20(14)21(28)24-13-15-5-7-17(23-2)19(12-15)30-3/h4-7,12,14,16,20,27H,2,8-11,13H2,1,3H3,(H,24,28). The topological polar surface area (TPSA) is 94.4 Å². The summed E-state index contributed by atoms with van der Waals surface area (Å²) in [5.41, 5.74) is 2.09. The van der Waals surface area contributed by atoms with Gasteiger partial charge < -0.3 is 15.3 Å². The average molecular weight is 429 g/mol. The number of hydrogen-bond donors (Lipinski definition) is 2. The van der Waals surface area contributed by atoms with Crippen LogP contribution in [0.5, 0.6) is 0 Å². The van der Waals surface area contributed by atoms with E-state index >= 15 is 0 Å². The molecule has 1 saturated heterocycles. The minimum absolute atomic E-state index is 0.0983. The summed E-state index contributed by atoms with van der Waals surface area (Å²) < 4.78 is 0. The number of nitrogens with zero attached hydrogens (tertiary/aromatic N) is 3. The number of rotatable bonds is 6. The molecule has 8 heteroatoms. The zero-order valence-electron chi connectivity index (χ0n) is 17.4. The molecule has 0 radical (unpaired) electrons. The Morgan fingerprint density at radius 1 is 1.37 bits per heavy atom. The Morgan fingerprint density at radius 3 is 2.77 bits per heavy atom. The molecule has 2 aliphatic rings. The largest absolute Gasteiger partial charge is 0.393 e. The van der Waals surface area contributed by atoms with Gasteiger partial charge in [0, 0.05) is 30.4 Å². The summed E-state index contributed by atoms with van der Waals surface area (Å²) >= 11 is 1.58. The number of carbonyl (C=O) groups is 2. The number of dihydropyridines is 1. The van der Waals surface area contributed by atoms with Crippen LogP contribution in [0.1, 0.15) is 25.3 Å². The van der Waals surface area contributed by atoms with Crippen molar-refractivity contribution in [1.82, 2.24) is 10.2 Å². The molecule has 2 heterocycles. The highest BCUT2D eigenvalue weighted by atomic mass is 32.2. The maximum Gasteiger partial charge on any atom is 0.272 e. The van der Waals surface area contributed by atoms with Gasteiger partial charge in [0.15, 0.2) is 0 Å². The lowest BCUT2D eigenvalue weighted by atomic mass is 9.96. The summed E-state index contributed by atoms with van der Waals surface area (Å²) in [5, 5.41) is 12.6. The number of benzene rings is 1. The van der Waals surface area contributed by atoms with Crippen molar-refractivity contribution in [3.63, 3.8) is 0 Å².